The molecule has 4 rings (SSSR count). The van der Waals surface area contributed by atoms with Crippen LogP contribution in [0.1, 0.15) is 59.8 Å². The fourth-order valence-electron chi connectivity index (χ4n) is 4.24. The first kappa shape index (κ1) is 9.55. The van der Waals surface area contributed by atoms with Crippen LogP contribution in [0.25, 0.3) is 0 Å². The third-order valence-corrected chi connectivity index (χ3v) is 4.17. The van der Waals surface area contributed by atoms with E-state index < -0.39 is 0 Å². The molecule has 0 nitrogen and oxygen atoms in total. The van der Waals surface area contributed by atoms with E-state index >= 15 is 0 Å². The normalized spacial score (nSPS) is 56.3. The van der Waals surface area contributed by atoms with E-state index in [1.807, 2.05) is 0 Å². The summed E-state index contributed by atoms with van der Waals surface area (Å²) in [5, 5.41) is 0. The monoisotopic (exact) mass is 180 g/mol. The lowest BCUT2D eigenvalue weighted by Crippen LogP contribution is -2.57. The van der Waals surface area contributed by atoms with Crippen LogP contribution in [-0.2, 0) is 0 Å². The first-order valence-corrected chi connectivity index (χ1v) is 5.91. The summed E-state index contributed by atoms with van der Waals surface area (Å²) in [6.45, 7) is 9.44. The Kier molecular flexibility index (Phi) is 2.02. The Hall–Kier alpha value is 0. The van der Waals surface area contributed by atoms with Crippen LogP contribution >= 0.6 is 0 Å². The van der Waals surface area contributed by atoms with Gasteiger partial charge in [-0.25, -0.2) is 0 Å². The topological polar surface area (TPSA) is 0 Å². The Morgan fingerprint density at radius 1 is 0.769 bits per heavy atom. The zero-order chi connectivity index (χ0) is 9.69. The summed E-state index contributed by atoms with van der Waals surface area (Å²) in [5.41, 5.74) is 1.66. The summed E-state index contributed by atoms with van der Waals surface area (Å²) >= 11 is 0. The molecule has 76 valence electrons. The van der Waals surface area contributed by atoms with Crippen molar-refractivity contribution in [3.63, 3.8) is 0 Å². The van der Waals surface area contributed by atoms with Gasteiger partial charge in [0.2, 0.25) is 0 Å². The van der Waals surface area contributed by atoms with Crippen molar-refractivity contribution in [2.45, 2.75) is 59.8 Å². The molecule has 13 heavy (non-hydrogen) atoms. The van der Waals surface area contributed by atoms with Crippen molar-refractivity contribution in [1.29, 1.82) is 0 Å². The molecular formula is C13H24. The van der Waals surface area contributed by atoms with Gasteiger partial charge in [0.05, 0.1) is 0 Å². The van der Waals surface area contributed by atoms with Crippen molar-refractivity contribution in [3.05, 3.63) is 0 Å². The molecule has 4 saturated carbocycles. The quantitative estimate of drug-likeness (QED) is 0.523. The van der Waals surface area contributed by atoms with Gasteiger partial charge in [0.1, 0.15) is 0 Å². The van der Waals surface area contributed by atoms with Gasteiger partial charge in [-0.15, -0.1) is 0 Å². The predicted octanol–water partition coefficient (Wildman–Crippen LogP) is 4.25. The van der Waals surface area contributed by atoms with Crippen molar-refractivity contribution in [2.75, 3.05) is 0 Å². The van der Waals surface area contributed by atoms with Crippen LogP contribution in [0.15, 0.2) is 0 Å². The molecule has 0 spiro atoms. The van der Waals surface area contributed by atoms with Crippen molar-refractivity contribution in [3.8, 4) is 0 Å². The van der Waals surface area contributed by atoms with Crippen LogP contribution in [0.5, 0.6) is 0 Å². The molecule has 0 saturated heterocycles. The van der Waals surface area contributed by atoms with Gasteiger partial charge in [0.25, 0.3) is 0 Å². The summed E-state index contributed by atoms with van der Waals surface area (Å²) < 4.78 is 0. The van der Waals surface area contributed by atoms with Crippen LogP contribution < -0.4 is 0 Å². The predicted molar refractivity (Wildman–Crippen MR) is 57.6 cm³/mol. The SMILES string of the molecule is CC12CC(C)(C1)C2.CC1CC(C)C1. The van der Waals surface area contributed by atoms with E-state index in [0.717, 1.165) is 22.7 Å². The minimum Gasteiger partial charge on any atom is -0.0625 e. The smallest absolute Gasteiger partial charge is 0.0310 e. The lowest BCUT2D eigenvalue weighted by Gasteiger charge is -2.68. The summed E-state index contributed by atoms with van der Waals surface area (Å²) in [7, 11) is 0. The highest BCUT2D eigenvalue weighted by Crippen LogP contribution is 2.72. The van der Waals surface area contributed by atoms with E-state index in [2.05, 4.69) is 27.7 Å². The average Bonchev–Trinajstić information content (AvgIpc) is 1.81. The van der Waals surface area contributed by atoms with Crippen LogP contribution in [0, 0.1) is 22.7 Å². The van der Waals surface area contributed by atoms with E-state index in [1.165, 1.54) is 32.1 Å². The highest BCUT2D eigenvalue weighted by Gasteiger charge is 2.61. The van der Waals surface area contributed by atoms with Crippen molar-refractivity contribution in [2.24, 2.45) is 22.7 Å². The maximum Gasteiger partial charge on any atom is -0.0310 e. The van der Waals surface area contributed by atoms with Gasteiger partial charge in [-0.05, 0) is 54.8 Å². The first-order chi connectivity index (χ1) is 5.91. The minimum atomic E-state index is 0.828. The van der Waals surface area contributed by atoms with Gasteiger partial charge in [-0.3, -0.25) is 0 Å². The van der Waals surface area contributed by atoms with E-state index in [9.17, 15) is 0 Å². The molecule has 4 aliphatic rings. The van der Waals surface area contributed by atoms with Crippen LogP contribution in [0.2, 0.25) is 0 Å². The molecule has 4 aliphatic carbocycles. The zero-order valence-corrected chi connectivity index (χ0v) is 9.69. The van der Waals surface area contributed by atoms with Crippen molar-refractivity contribution >= 4 is 0 Å². The standard InChI is InChI=1S/C7H12.C6H12/c1-6-3-7(2,4-6)5-6;1-5-3-6(2)4-5/h3-5H2,1-2H3;5-6H,3-4H2,1-2H3. The molecule has 0 radical (unpaired) electrons. The Balaban J connectivity index is 0.000000102. The fraction of sp³-hybridized carbons (Fsp3) is 1.00. The lowest BCUT2D eigenvalue weighted by molar-refractivity contribution is -0.176. The number of hydrogen-bond donors (Lipinski definition) is 0. The molecule has 0 aromatic carbocycles. The lowest BCUT2D eigenvalue weighted by atomic mass is 9.37. The molecule has 0 N–H and O–H groups in total. The molecule has 0 heterocycles. The Morgan fingerprint density at radius 2 is 1.08 bits per heavy atom. The van der Waals surface area contributed by atoms with E-state index in [0.29, 0.717) is 0 Å². The van der Waals surface area contributed by atoms with Gasteiger partial charge >= 0.3 is 0 Å². The highest BCUT2D eigenvalue weighted by atomic mass is 14.7. The van der Waals surface area contributed by atoms with Gasteiger partial charge in [-0.1, -0.05) is 27.7 Å². The second-order valence-corrected chi connectivity index (χ2v) is 6.83. The largest absolute Gasteiger partial charge is 0.0625 e. The van der Waals surface area contributed by atoms with Gasteiger partial charge < -0.3 is 0 Å². The second-order valence-electron chi connectivity index (χ2n) is 6.83. The van der Waals surface area contributed by atoms with E-state index in [1.54, 1.807) is 0 Å². The molecule has 0 aliphatic heterocycles. The summed E-state index contributed by atoms with van der Waals surface area (Å²) in [5.74, 6) is 2.08. The molecule has 0 amide bonds. The molecule has 0 aromatic rings. The number of hydrogen-bond acceptors (Lipinski definition) is 0. The Bertz CT molecular complexity index is 160. The molecular weight excluding hydrogens is 156 g/mol. The molecule has 0 aromatic heterocycles. The Labute approximate surface area is 83.1 Å². The molecule has 2 bridgehead atoms. The highest BCUT2D eigenvalue weighted by molar-refractivity contribution is 5.12. The van der Waals surface area contributed by atoms with E-state index in [4.69, 9.17) is 0 Å². The molecule has 4 fully saturated rings. The fourth-order valence-corrected chi connectivity index (χ4v) is 4.24. The maximum absolute atomic E-state index is 2.40. The third kappa shape index (κ3) is 1.78. The van der Waals surface area contributed by atoms with Crippen molar-refractivity contribution in [1.82, 2.24) is 0 Å². The molecule has 0 heteroatoms. The van der Waals surface area contributed by atoms with Crippen molar-refractivity contribution < 1.29 is 0 Å². The number of rotatable bonds is 0. The van der Waals surface area contributed by atoms with Gasteiger partial charge in [-0.2, -0.15) is 0 Å². The van der Waals surface area contributed by atoms with Crippen LogP contribution in [-0.4, -0.2) is 0 Å². The summed E-state index contributed by atoms with van der Waals surface area (Å²) in [4.78, 5) is 0. The third-order valence-electron chi connectivity index (χ3n) is 4.17. The second kappa shape index (κ2) is 2.74. The van der Waals surface area contributed by atoms with Gasteiger partial charge in [0.15, 0.2) is 0 Å². The molecule has 0 unspecified atom stereocenters. The first-order valence-electron chi connectivity index (χ1n) is 5.91. The van der Waals surface area contributed by atoms with E-state index in [-0.39, 0.29) is 0 Å². The molecule has 0 atom stereocenters. The maximum atomic E-state index is 2.40. The average molecular weight is 180 g/mol. The Morgan fingerprint density at radius 3 is 1.08 bits per heavy atom. The summed E-state index contributed by atoms with van der Waals surface area (Å²) in [6, 6.07) is 0. The minimum absolute atomic E-state index is 0.828. The van der Waals surface area contributed by atoms with Crippen LogP contribution in [0.3, 0.4) is 0 Å². The zero-order valence-electron chi connectivity index (χ0n) is 9.69. The van der Waals surface area contributed by atoms with Crippen LogP contribution in [0.4, 0.5) is 0 Å². The summed E-state index contributed by atoms with van der Waals surface area (Å²) in [6.07, 6.45) is 7.49. The van der Waals surface area contributed by atoms with Gasteiger partial charge in [0, 0.05) is 0 Å².